The molecule has 0 saturated heterocycles. The number of aromatic nitrogens is 2. The van der Waals surface area contributed by atoms with Crippen LogP contribution in [0.4, 0.5) is 14.5 Å². The molecule has 1 aromatic heterocycles. The van der Waals surface area contributed by atoms with Crippen molar-refractivity contribution in [2.24, 2.45) is 0 Å². The number of halogens is 2. The molecule has 0 unspecified atom stereocenters. The molecule has 138 valence electrons. The van der Waals surface area contributed by atoms with Crippen molar-refractivity contribution in [1.82, 2.24) is 14.9 Å². The number of carbonyl (C=O) groups excluding carboxylic acids is 2. The van der Waals surface area contributed by atoms with Crippen molar-refractivity contribution in [2.45, 2.75) is 18.9 Å². The SMILES string of the molecule is CN(Cc1nc2ccc(F)cc2[nH]1)C(=O)[C@@H]1CC(=O)Nc2ccc(F)cc21. The Morgan fingerprint density at radius 2 is 1.96 bits per heavy atom. The molecule has 1 aliphatic rings. The van der Waals surface area contributed by atoms with E-state index in [9.17, 15) is 18.4 Å². The van der Waals surface area contributed by atoms with Gasteiger partial charge in [-0.1, -0.05) is 0 Å². The Kier molecular flexibility index (Phi) is 4.10. The molecule has 0 bridgehead atoms. The van der Waals surface area contributed by atoms with Crippen LogP contribution in [0.2, 0.25) is 0 Å². The van der Waals surface area contributed by atoms with Crippen molar-refractivity contribution in [3.63, 3.8) is 0 Å². The minimum atomic E-state index is -0.767. The van der Waals surface area contributed by atoms with Crippen molar-refractivity contribution in [2.75, 3.05) is 12.4 Å². The Morgan fingerprint density at radius 3 is 2.78 bits per heavy atom. The summed E-state index contributed by atoms with van der Waals surface area (Å²) in [6, 6.07) is 8.16. The minimum absolute atomic E-state index is 0.0506. The molecule has 8 heteroatoms. The van der Waals surface area contributed by atoms with E-state index in [1.54, 1.807) is 13.1 Å². The third kappa shape index (κ3) is 3.25. The molecule has 6 nitrogen and oxygen atoms in total. The number of nitrogens with zero attached hydrogens (tertiary/aromatic N) is 2. The summed E-state index contributed by atoms with van der Waals surface area (Å²) in [5.74, 6) is -1.73. The maximum absolute atomic E-state index is 13.6. The summed E-state index contributed by atoms with van der Waals surface area (Å²) in [4.78, 5) is 33.6. The lowest BCUT2D eigenvalue weighted by molar-refractivity contribution is -0.134. The number of imidazole rings is 1. The third-order valence-electron chi connectivity index (χ3n) is 4.61. The second kappa shape index (κ2) is 6.46. The molecule has 2 aromatic carbocycles. The summed E-state index contributed by atoms with van der Waals surface area (Å²) in [5, 5.41) is 2.65. The fourth-order valence-corrected chi connectivity index (χ4v) is 3.33. The van der Waals surface area contributed by atoms with Crippen molar-refractivity contribution < 1.29 is 18.4 Å². The number of rotatable bonds is 3. The third-order valence-corrected chi connectivity index (χ3v) is 4.61. The molecule has 2 amide bonds. The van der Waals surface area contributed by atoms with Gasteiger partial charge in [-0.2, -0.15) is 0 Å². The summed E-state index contributed by atoms with van der Waals surface area (Å²) in [7, 11) is 1.58. The first-order chi connectivity index (χ1) is 12.9. The van der Waals surface area contributed by atoms with Crippen LogP contribution in [-0.2, 0) is 16.1 Å². The van der Waals surface area contributed by atoms with Crippen molar-refractivity contribution >= 4 is 28.5 Å². The highest BCUT2D eigenvalue weighted by Gasteiger charge is 2.33. The molecule has 1 atom stereocenters. The number of H-pyrrole nitrogens is 1. The second-order valence-electron chi connectivity index (χ2n) is 6.58. The lowest BCUT2D eigenvalue weighted by Crippen LogP contribution is -2.36. The number of carbonyl (C=O) groups is 2. The van der Waals surface area contributed by atoms with Gasteiger partial charge in [0.05, 0.1) is 23.5 Å². The normalized spacial score (nSPS) is 16.1. The maximum Gasteiger partial charge on any atom is 0.230 e. The topological polar surface area (TPSA) is 78.1 Å². The first-order valence-corrected chi connectivity index (χ1v) is 8.39. The average molecular weight is 370 g/mol. The molecule has 1 aliphatic heterocycles. The second-order valence-corrected chi connectivity index (χ2v) is 6.58. The smallest absolute Gasteiger partial charge is 0.230 e. The number of amides is 2. The number of hydrogen-bond donors (Lipinski definition) is 2. The fourth-order valence-electron chi connectivity index (χ4n) is 3.33. The molecule has 2 N–H and O–H groups in total. The van der Waals surface area contributed by atoms with Gasteiger partial charge >= 0.3 is 0 Å². The molecule has 0 fully saturated rings. The van der Waals surface area contributed by atoms with Crippen LogP contribution in [0.1, 0.15) is 23.7 Å². The molecule has 4 rings (SSSR count). The summed E-state index contributed by atoms with van der Waals surface area (Å²) in [5.41, 5.74) is 2.03. The average Bonchev–Trinajstić information content (AvgIpc) is 3.02. The maximum atomic E-state index is 13.6. The van der Waals surface area contributed by atoms with Gasteiger partial charge in [0.25, 0.3) is 0 Å². The molecule has 0 radical (unpaired) electrons. The Hall–Kier alpha value is -3.29. The van der Waals surface area contributed by atoms with Gasteiger partial charge in [0.1, 0.15) is 17.5 Å². The Labute approximate surface area is 153 Å². The van der Waals surface area contributed by atoms with Crippen LogP contribution >= 0.6 is 0 Å². The first kappa shape index (κ1) is 17.1. The number of hydrogen-bond acceptors (Lipinski definition) is 3. The number of aromatic amines is 1. The molecule has 3 aromatic rings. The lowest BCUT2D eigenvalue weighted by atomic mass is 9.89. The van der Waals surface area contributed by atoms with Crippen LogP contribution in [0.15, 0.2) is 36.4 Å². The standard InChI is InChI=1S/C19H16F2N4O2/c1-25(9-17-22-15-5-3-11(21)7-16(15)23-17)19(27)13-8-18(26)24-14-4-2-10(20)6-12(13)14/h2-7,13H,8-9H2,1H3,(H,22,23)(H,24,26)/t13-/m1/s1. The van der Waals surface area contributed by atoms with E-state index in [0.29, 0.717) is 28.1 Å². The lowest BCUT2D eigenvalue weighted by Gasteiger charge is -2.28. The van der Waals surface area contributed by atoms with Crippen molar-refractivity contribution in [3.05, 3.63) is 59.4 Å². The molecule has 0 spiro atoms. The van der Waals surface area contributed by atoms with Gasteiger partial charge in [0, 0.05) is 19.2 Å². The quantitative estimate of drug-likeness (QED) is 0.744. The number of nitrogens with one attached hydrogen (secondary N) is 2. The molecular weight excluding hydrogens is 354 g/mol. The van der Waals surface area contributed by atoms with E-state index in [-0.39, 0.29) is 30.6 Å². The van der Waals surface area contributed by atoms with E-state index in [2.05, 4.69) is 15.3 Å². The van der Waals surface area contributed by atoms with Crippen molar-refractivity contribution in [3.8, 4) is 0 Å². The summed E-state index contributed by atoms with van der Waals surface area (Å²) in [6.45, 7) is 0.151. The van der Waals surface area contributed by atoms with Crippen LogP contribution in [0.3, 0.4) is 0 Å². The van der Waals surface area contributed by atoms with Crippen LogP contribution in [0, 0.1) is 11.6 Å². The van der Waals surface area contributed by atoms with Crippen LogP contribution in [-0.4, -0.2) is 33.7 Å². The first-order valence-electron chi connectivity index (χ1n) is 8.39. The van der Waals surface area contributed by atoms with E-state index in [1.807, 2.05) is 0 Å². The minimum Gasteiger partial charge on any atom is -0.340 e. The summed E-state index contributed by atoms with van der Waals surface area (Å²) in [6.07, 6.45) is -0.0506. The zero-order chi connectivity index (χ0) is 19.1. The molecule has 0 saturated carbocycles. The van der Waals surface area contributed by atoms with Gasteiger partial charge in [0.2, 0.25) is 11.8 Å². The highest BCUT2D eigenvalue weighted by Crippen LogP contribution is 2.34. The number of benzene rings is 2. The Morgan fingerprint density at radius 1 is 1.22 bits per heavy atom. The van der Waals surface area contributed by atoms with Crippen LogP contribution in [0.5, 0.6) is 0 Å². The fraction of sp³-hybridized carbons (Fsp3) is 0.211. The molecule has 0 aliphatic carbocycles. The Balaban J connectivity index is 1.58. The van der Waals surface area contributed by atoms with Crippen LogP contribution < -0.4 is 5.32 Å². The van der Waals surface area contributed by atoms with Gasteiger partial charge in [0.15, 0.2) is 0 Å². The van der Waals surface area contributed by atoms with E-state index < -0.39 is 11.7 Å². The highest BCUT2D eigenvalue weighted by molar-refractivity contribution is 6.01. The predicted octanol–water partition coefficient (Wildman–Crippen LogP) is 2.93. The van der Waals surface area contributed by atoms with Crippen LogP contribution in [0.25, 0.3) is 11.0 Å². The van der Waals surface area contributed by atoms with Gasteiger partial charge in [-0.3, -0.25) is 9.59 Å². The van der Waals surface area contributed by atoms with E-state index >= 15 is 0 Å². The van der Waals surface area contributed by atoms with Gasteiger partial charge < -0.3 is 15.2 Å². The highest BCUT2D eigenvalue weighted by atomic mass is 19.1. The predicted molar refractivity (Wildman–Crippen MR) is 94.9 cm³/mol. The zero-order valence-corrected chi connectivity index (χ0v) is 14.4. The van der Waals surface area contributed by atoms with Gasteiger partial charge in [-0.15, -0.1) is 0 Å². The molecular formula is C19H16F2N4O2. The van der Waals surface area contributed by atoms with E-state index in [4.69, 9.17) is 0 Å². The van der Waals surface area contributed by atoms with Gasteiger partial charge in [-0.25, -0.2) is 13.8 Å². The monoisotopic (exact) mass is 370 g/mol. The van der Waals surface area contributed by atoms with E-state index in [0.717, 1.165) is 0 Å². The summed E-state index contributed by atoms with van der Waals surface area (Å²) >= 11 is 0. The zero-order valence-electron chi connectivity index (χ0n) is 14.4. The summed E-state index contributed by atoms with van der Waals surface area (Å²) < 4.78 is 27.0. The van der Waals surface area contributed by atoms with E-state index in [1.165, 1.54) is 35.2 Å². The Bertz CT molecular complexity index is 1060. The number of anilines is 1. The van der Waals surface area contributed by atoms with Gasteiger partial charge in [-0.05, 0) is 42.0 Å². The molecule has 27 heavy (non-hydrogen) atoms. The number of fused-ring (bicyclic) bond motifs is 2. The number of likely N-dealkylation sites (N-methyl/N-ethyl adjacent to an activating group) is 1. The van der Waals surface area contributed by atoms with Crippen molar-refractivity contribution in [1.29, 1.82) is 0 Å². The molecule has 2 heterocycles. The largest absolute Gasteiger partial charge is 0.340 e.